The van der Waals surface area contributed by atoms with Gasteiger partial charge in [0.25, 0.3) is 0 Å². The summed E-state index contributed by atoms with van der Waals surface area (Å²) < 4.78 is 5.42. The first-order valence-electron chi connectivity index (χ1n) is 6.63. The van der Waals surface area contributed by atoms with Crippen molar-refractivity contribution in [1.29, 1.82) is 0 Å². The lowest BCUT2D eigenvalue weighted by atomic mass is 9.99. The number of ether oxygens (including phenoxy) is 1. The minimum atomic E-state index is 0.342. The molecule has 3 heteroatoms. The monoisotopic (exact) mass is 275 g/mol. The molecule has 1 N–H and O–H groups in total. The Hall–Kier alpha value is -1.32. The summed E-state index contributed by atoms with van der Waals surface area (Å²) in [7, 11) is 1.73. The molecule has 2 nitrogen and oxygen atoms in total. The van der Waals surface area contributed by atoms with Gasteiger partial charge < -0.3 is 10.1 Å². The van der Waals surface area contributed by atoms with Gasteiger partial charge in [0.15, 0.2) is 0 Å². The van der Waals surface area contributed by atoms with E-state index in [2.05, 4.69) is 54.2 Å². The van der Waals surface area contributed by atoms with Gasteiger partial charge in [-0.3, -0.25) is 0 Å². The van der Waals surface area contributed by atoms with Crippen LogP contribution in [0.15, 0.2) is 35.0 Å². The Morgan fingerprint density at radius 3 is 2.79 bits per heavy atom. The number of likely N-dealkylation sites (N-methyl/N-ethyl adjacent to an activating group) is 1. The van der Waals surface area contributed by atoms with Crippen LogP contribution >= 0.6 is 11.3 Å². The number of thiophene rings is 1. The fourth-order valence-electron chi connectivity index (χ4n) is 2.25. The highest BCUT2D eigenvalue weighted by Gasteiger charge is 2.13. The zero-order valence-electron chi connectivity index (χ0n) is 11.8. The number of hydrogen-bond donors (Lipinski definition) is 1. The highest BCUT2D eigenvalue weighted by atomic mass is 32.1. The van der Waals surface area contributed by atoms with Crippen molar-refractivity contribution in [2.45, 2.75) is 26.3 Å². The summed E-state index contributed by atoms with van der Waals surface area (Å²) in [6.07, 6.45) is 1.02. The average Bonchev–Trinajstić information content (AvgIpc) is 2.92. The van der Waals surface area contributed by atoms with E-state index in [-0.39, 0.29) is 0 Å². The van der Waals surface area contributed by atoms with E-state index in [1.165, 1.54) is 16.7 Å². The molecule has 0 radical (unpaired) electrons. The van der Waals surface area contributed by atoms with Gasteiger partial charge in [-0.2, -0.15) is 11.3 Å². The van der Waals surface area contributed by atoms with Crippen molar-refractivity contribution in [2.75, 3.05) is 13.7 Å². The van der Waals surface area contributed by atoms with Gasteiger partial charge in [0.2, 0.25) is 0 Å². The Morgan fingerprint density at radius 2 is 2.16 bits per heavy atom. The van der Waals surface area contributed by atoms with Crippen LogP contribution in [0.25, 0.3) is 0 Å². The summed E-state index contributed by atoms with van der Waals surface area (Å²) in [5.41, 5.74) is 3.85. The minimum absolute atomic E-state index is 0.342. The Kier molecular flexibility index (Phi) is 5.00. The standard InChI is InChI=1S/C16H21NOS/c1-4-17-15(9-13-7-8-19-11-13)14-6-5-12(2)16(10-14)18-3/h5-8,10-11,15,17H,4,9H2,1-3H3. The van der Waals surface area contributed by atoms with Gasteiger partial charge in [0.1, 0.15) is 5.75 Å². The molecule has 0 aliphatic rings. The maximum Gasteiger partial charge on any atom is 0.122 e. The zero-order valence-corrected chi connectivity index (χ0v) is 12.6. The topological polar surface area (TPSA) is 21.3 Å². The average molecular weight is 275 g/mol. The number of aryl methyl sites for hydroxylation is 1. The van der Waals surface area contributed by atoms with Crippen LogP contribution in [-0.4, -0.2) is 13.7 Å². The van der Waals surface area contributed by atoms with E-state index in [0.29, 0.717) is 6.04 Å². The first-order valence-corrected chi connectivity index (χ1v) is 7.58. The first kappa shape index (κ1) is 14.1. The van der Waals surface area contributed by atoms with Crippen molar-refractivity contribution in [3.63, 3.8) is 0 Å². The Labute approximate surface area is 119 Å². The molecular formula is C16H21NOS. The molecule has 2 rings (SSSR count). The van der Waals surface area contributed by atoms with Crippen molar-refractivity contribution < 1.29 is 4.74 Å². The van der Waals surface area contributed by atoms with E-state index < -0.39 is 0 Å². The fourth-order valence-corrected chi connectivity index (χ4v) is 2.93. The van der Waals surface area contributed by atoms with E-state index in [4.69, 9.17) is 4.74 Å². The molecule has 102 valence electrons. The molecule has 19 heavy (non-hydrogen) atoms. The summed E-state index contributed by atoms with van der Waals surface area (Å²) in [5.74, 6) is 0.964. The lowest BCUT2D eigenvalue weighted by Crippen LogP contribution is -2.22. The Bertz CT molecular complexity index is 507. The number of methoxy groups -OCH3 is 1. The van der Waals surface area contributed by atoms with Crippen LogP contribution in [0.5, 0.6) is 5.75 Å². The van der Waals surface area contributed by atoms with Gasteiger partial charge in [-0.1, -0.05) is 19.1 Å². The van der Waals surface area contributed by atoms with Gasteiger partial charge in [0.05, 0.1) is 7.11 Å². The van der Waals surface area contributed by atoms with Crippen LogP contribution in [0.2, 0.25) is 0 Å². The third-order valence-corrected chi connectivity index (χ3v) is 4.04. The maximum atomic E-state index is 5.42. The molecule has 1 aromatic heterocycles. The summed E-state index contributed by atoms with van der Waals surface area (Å²) in [4.78, 5) is 0. The van der Waals surface area contributed by atoms with E-state index in [9.17, 15) is 0 Å². The molecule has 0 bridgehead atoms. The lowest BCUT2D eigenvalue weighted by molar-refractivity contribution is 0.410. The SMILES string of the molecule is CCNC(Cc1ccsc1)c1ccc(C)c(OC)c1. The van der Waals surface area contributed by atoms with E-state index >= 15 is 0 Å². The van der Waals surface area contributed by atoms with Crippen molar-refractivity contribution >= 4 is 11.3 Å². The Balaban J connectivity index is 2.22. The summed E-state index contributed by atoms with van der Waals surface area (Å²) in [6.45, 7) is 5.18. The molecule has 0 amide bonds. The molecule has 0 spiro atoms. The number of rotatable bonds is 6. The quantitative estimate of drug-likeness (QED) is 0.861. The molecule has 1 aromatic carbocycles. The summed E-state index contributed by atoms with van der Waals surface area (Å²) in [6, 6.07) is 9.01. The largest absolute Gasteiger partial charge is 0.496 e. The highest BCUT2D eigenvalue weighted by molar-refractivity contribution is 7.07. The normalized spacial score (nSPS) is 12.4. The third-order valence-electron chi connectivity index (χ3n) is 3.30. The van der Waals surface area contributed by atoms with Gasteiger partial charge in [0, 0.05) is 6.04 Å². The van der Waals surface area contributed by atoms with Crippen LogP contribution in [-0.2, 0) is 6.42 Å². The van der Waals surface area contributed by atoms with Gasteiger partial charge >= 0.3 is 0 Å². The summed E-state index contributed by atoms with van der Waals surface area (Å²) in [5, 5.41) is 7.91. The van der Waals surface area contributed by atoms with Crippen LogP contribution in [0.4, 0.5) is 0 Å². The molecule has 2 aromatic rings. The van der Waals surface area contributed by atoms with Crippen molar-refractivity contribution in [3.05, 3.63) is 51.7 Å². The molecule has 0 fully saturated rings. The lowest BCUT2D eigenvalue weighted by Gasteiger charge is -2.19. The Morgan fingerprint density at radius 1 is 1.32 bits per heavy atom. The zero-order chi connectivity index (χ0) is 13.7. The van der Waals surface area contributed by atoms with E-state index in [0.717, 1.165) is 18.7 Å². The predicted octanol–water partition coefficient (Wildman–Crippen LogP) is 3.96. The second-order valence-corrected chi connectivity index (χ2v) is 5.46. The van der Waals surface area contributed by atoms with E-state index in [1.807, 2.05) is 0 Å². The molecule has 1 unspecified atom stereocenters. The molecule has 0 saturated carbocycles. The van der Waals surface area contributed by atoms with Crippen LogP contribution in [0, 0.1) is 6.92 Å². The molecule has 1 heterocycles. The van der Waals surface area contributed by atoms with Crippen molar-refractivity contribution in [2.24, 2.45) is 0 Å². The fraction of sp³-hybridized carbons (Fsp3) is 0.375. The van der Waals surface area contributed by atoms with Gasteiger partial charge in [-0.25, -0.2) is 0 Å². The summed E-state index contributed by atoms with van der Waals surface area (Å²) >= 11 is 1.75. The number of benzene rings is 1. The number of hydrogen-bond acceptors (Lipinski definition) is 3. The smallest absolute Gasteiger partial charge is 0.122 e. The second-order valence-electron chi connectivity index (χ2n) is 4.68. The predicted molar refractivity (Wildman–Crippen MR) is 82.2 cm³/mol. The maximum absolute atomic E-state index is 5.42. The van der Waals surface area contributed by atoms with Crippen molar-refractivity contribution in [3.8, 4) is 5.75 Å². The molecular weight excluding hydrogens is 254 g/mol. The van der Waals surface area contributed by atoms with Crippen LogP contribution in [0.3, 0.4) is 0 Å². The molecule has 0 aliphatic heterocycles. The van der Waals surface area contributed by atoms with Crippen molar-refractivity contribution in [1.82, 2.24) is 5.32 Å². The highest BCUT2D eigenvalue weighted by Crippen LogP contribution is 2.26. The third kappa shape index (κ3) is 3.58. The molecule has 1 atom stereocenters. The van der Waals surface area contributed by atoms with E-state index in [1.54, 1.807) is 18.4 Å². The van der Waals surface area contributed by atoms with Gasteiger partial charge in [-0.15, -0.1) is 0 Å². The van der Waals surface area contributed by atoms with Gasteiger partial charge in [-0.05, 0) is 59.5 Å². The van der Waals surface area contributed by atoms with Crippen LogP contribution < -0.4 is 10.1 Å². The minimum Gasteiger partial charge on any atom is -0.496 e. The number of nitrogens with one attached hydrogen (secondary N) is 1. The molecule has 0 saturated heterocycles. The van der Waals surface area contributed by atoms with Crippen LogP contribution in [0.1, 0.15) is 29.7 Å². The molecule has 0 aliphatic carbocycles. The second kappa shape index (κ2) is 6.73. The first-order chi connectivity index (χ1) is 9.24.